The standard InChI is InChI=1S/C15H16O2/c1-15(2,3)10-14-12(16)9-13(17-14)11-7-5-4-6-8-11/h4-10H,1-3H3/b14-10+. The Morgan fingerprint density at radius 3 is 2.35 bits per heavy atom. The average molecular weight is 228 g/mol. The fourth-order valence-corrected chi connectivity index (χ4v) is 1.63. The zero-order chi connectivity index (χ0) is 12.5. The van der Waals surface area contributed by atoms with Crippen LogP contribution in [0.4, 0.5) is 0 Å². The third kappa shape index (κ3) is 2.84. The molecule has 1 aromatic carbocycles. The second-order valence-electron chi connectivity index (χ2n) is 5.22. The number of benzene rings is 1. The molecule has 0 radical (unpaired) electrons. The summed E-state index contributed by atoms with van der Waals surface area (Å²) in [6.45, 7) is 6.12. The van der Waals surface area contributed by atoms with Crippen LogP contribution in [-0.4, -0.2) is 5.78 Å². The third-order valence-electron chi connectivity index (χ3n) is 2.35. The topological polar surface area (TPSA) is 26.3 Å². The number of ketones is 1. The van der Waals surface area contributed by atoms with Gasteiger partial charge in [0, 0.05) is 11.6 Å². The largest absolute Gasteiger partial charge is 0.453 e. The highest BCUT2D eigenvalue weighted by molar-refractivity contribution is 6.10. The lowest BCUT2D eigenvalue weighted by Gasteiger charge is -2.13. The summed E-state index contributed by atoms with van der Waals surface area (Å²) in [5.41, 5.74) is 0.864. The van der Waals surface area contributed by atoms with Crippen LogP contribution < -0.4 is 0 Å². The molecule has 0 aliphatic carbocycles. The predicted octanol–water partition coefficient (Wildman–Crippen LogP) is 3.56. The molecule has 2 nitrogen and oxygen atoms in total. The van der Waals surface area contributed by atoms with E-state index >= 15 is 0 Å². The minimum Gasteiger partial charge on any atom is -0.453 e. The number of carbonyl (C=O) groups excluding carboxylic acids is 1. The molecule has 1 heterocycles. The summed E-state index contributed by atoms with van der Waals surface area (Å²) in [4.78, 5) is 11.8. The maximum atomic E-state index is 11.8. The van der Waals surface area contributed by atoms with Gasteiger partial charge >= 0.3 is 0 Å². The fourth-order valence-electron chi connectivity index (χ4n) is 1.63. The van der Waals surface area contributed by atoms with Crippen molar-refractivity contribution in [3.8, 4) is 0 Å². The molecule has 0 aromatic heterocycles. The lowest BCUT2D eigenvalue weighted by molar-refractivity contribution is -0.112. The summed E-state index contributed by atoms with van der Waals surface area (Å²) in [5, 5.41) is 0. The average Bonchev–Trinajstić information content (AvgIpc) is 2.59. The summed E-state index contributed by atoms with van der Waals surface area (Å²) in [7, 11) is 0. The smallest absolute Gasteiger partial charge is 0.224 e. The van der Waals surface area contributed by atoms with E-state index < -0.39 is 0 Å². The first-order chi connectivity index (χ1) is 7.96. The van der Waals surface area contributed by atoms with E-state index in [0.29, 0.717) is 11.5 Å². The minimum absolute atomic E-state index is 0.0567. The minimum atomic E-state index is -0.0645. The van der Waals surface area contributed by atoms with Crippen molar-refractivity contribution in [3.63, 3.8) is 0 Å². The quantitative estimate of drug-likeness (QED) is 0.687. The van der Waals surface area contributed by atoms with E-state index in [9.17, 15) is 4.79 Å². The van der Waals surface area contributed by atoms with Crippen molar-refractivity contribution < 1.29 is 9.53 Å². The normalized spacial score (nSPS) is 18.2. The van der Waals surface area contributed by atoms with Crippen LogP contribution in [0.3, 0.4) is 0 Å². The van der Waals surface area contributed by atoms with Crippen LogP contribution in [0.25, 0.3) is 5.76 Å². The van der Waals surface area contributed by atoms with Gasteiger partial charge in [-0.15, -0.1) is 0 Å². The SMILES string of the molecule is CC(C)(C)/C=C1/OC(c2ccccc2)=CC1=O. The van der Waals surface area contributed by atoms with Crippen molar-refractivity contribution in [1.82, 2.24) is 0 Å². The van der Waals surface area contributed by atoms with Gasteiger partial charge < -0.3 is 4.74 Å². The molecule has 1 aromatic rings. The van der Waals surface area contributed by atoms with Crippen LogP contribution in [0.1, 0.15) is 26.3 Å². The number of allylic oxidation sites excluding steroid dienone is 2. The van der Waals surface area contributed by atoms with Crippen LogP contribution in [0.5, 0.6) is 0 Å². The number of ether oxygens (including phenoxy) is 1. The molecule has 1 aliphatic heterocycles. The number of hydrogen-bond donors (Lipinski definition) is 0. The van der Waals surface area contributed by atoms with E-state index in [2.05, 4.69) is 0 Å². The molecule has 17 heavy (non-hydrogen) atoms. The summed E-state index contributed by atoms with van der Waals surface area (Å²) in [6.07, 6.45) is 3.41. The van der Waals surface area contributed by atoms with Gasteiger partial charge in [0.1, 0.15) is 5.76 Å². The predicted molar refractivity (Wildman–Crippen MR) is 68.0 cm³/mol. The van der Waals surface area contributed by atoms with Gasteiger partial charge in [0.2, 0.25) is 5.78 Å². The Labute approximate surface area is 102 Å². The molecule has 2 rings (SSSR count). The van der Waals surface area contributed by atoms with Crippen molar-refractivity contribution in [1.29, 1.82) is 0 Å². The number of rotatable bonds is 1. The Hall–Kier alpha value is -1.83. The Balaban J connectivity index is 2.25. The molecule has 0 saturated carbocycles. The first kappa shape index (κ1) is 11.6. The Morgan fingerprint density at radius 2 is 1.76 bits per heavy atom. The molecule has 0 saturated heterocycles. The van der Waals surface area contributed by atoms with E-state index in [0.717, 1.165) is 5.56 Å². The fraction of sp³-hybridized carbons (Fsp3) is 0.267. The molecule has 0 N–H and O–H groups in total. The lowest BCUT2D eigenvalue weighted by atomic mass is 9.95. The number of carbonyl (C=O) groups is 1. The van der Waals surface area contributed by atoms with E-state index in [1.165, 1.54) is 0 Å². The van der Waals surface area contributed by atoms with Gasteiger partial charge in [-0.2, -0.15) is 0 Å². The third-order valence-corrected chi connectivity index (χ3v) is 2.35. The van der Waals surface area contributed by atoms with Crippen LogP contribution in [0.2, 0.25) is 0 Å². The van der Waals surface area contributed by atoms with Gasteiger partial charge in [0.25, 0.3) is 0 Å². The Kier molecular flexibility index (Phi) is 2.88. The highest BCUT2D eigenvalue weighted by atomic mass is 16.5. The van der Waals surface area contributed by atoms with Crippen molar-refractivity contribution in [2.75, 3.05) is 0 Å². The lowest BCUT2D eigenvalue weighted by Crippen LogP contribution is -2.04. The van der Waals surface area contributed by atoms with E-state index in [1.807, 2.05) is 57.2 Å². The van der Waals surface area contributed by atoms with Crippen LogP contribution in [-0.2, 0) is 9.53 Å². The molecule has 0 amide bonds. The zero-order valence-corrected chi connectivity index (χ0v) is 10.4. The van der Waals surface area contributed by atoms with E-state index in [1.54, 1.807) is 6.08 Å². The number of hydrogen-bond acceptors (Lipinski definition) is 2. The first-order valence-corrected chi connectivity index (χ1v) is 5.68. The highest BCUT2D eigenvalue weighted by Gasteiger charge is 2.23. The van der Waals surface area contributed by atoms with Crippen LogP contribution >= 0.6 is 0 Å². The second kappa shape index (κ2) is 4.21. The van der Waals surface area contributed by atoms with Crippen molar-refractivity contribution in [2.45, 2.75) is 20.8 Å². The first-order valence-electron chi connectivity index (χ1n) is 5.68. The van der Waals surface area contributed by atoms with Crippen molar-refractivity contribution >= 4 is 11.5 Å². The molecule has 0 bridgehead atoms. The molecular formula is C15H16O2. The second-order valence-corrected chi connectivity index (χ2v) is 5.22. The van der Waals surface area contributed by atoms with Crippen LogP contribution in [0, 0.1) is 5.41 Å². The van der Waals surface area contributed by atoms with Crippen LogP contribution in [0.15, 0.2) is 48.2 Å². The van der Waals surface area contributed by atoms with Gasteiger partial charge in [-0.1, -0.05) is 51.1 Å². The summed E-state index contributed by atoms with van der Waals surface area (Å²) in [5.74, 6) is 1.00. The Morgan fingerprint density at radius 1 is 1.12 bits per heavy atom. The van der Waals surface area contributed by atoms with E-state index in [-0.39, 0.29) is 11.2 Å². The monoisotopic (exact) mass is 228 g/mol. The van der Waals surface area contributed by atoms with Gasteiger partial charge in [-0.25, -0.2) is 0 Å². The maximum Gasteiger partial charge on any atom is 0.224 e. The van der Waals surface area contributed by atoms with E-state index in [4.69, 9.17) is 4.74 Å². The highest BCUT2D eigenvalue weighted by Crippen LogP contribution is 2.29. The molecule has 2 heteroatoms. The molecule has 0 fully saturated rings. The summed E-state index contributed by atoms with van der Waals surface area (Å²) >= 11 is 0. The summed E-state index contributed by atoms with van der Waals surface area (Å²) in [6, 6.07) is 9.65. The van der Waals surface area contributed by atoms with Gasteiger partial charge in [-0.3, -0.25) is 4.79 Å². The molecule has 1 aliphatic rings. The molecule has 0 spiro atoms. The molecular weight excluding hydrogens is 212 g/mol. The molecule has 0 atom stereocenters. The van der Waals surface area contributed by atoms with Crippen molar-refractivity contribution in [2.24, 2.45) is 5.41 Å². The summed E-state index contributed by atoms with van der Waals surface area (Å²) < 4.78 is 5.61. The zero-order valence-electron chi connectivity index (χ0n) is 10.4. The molecule has 88 valence electrons. The van der Waals surface area contributed by atoms with Crippen molar-refractivity contribution in [3.05, 3.63) is 53.8 Å². The van der Waals surface area contributed by atoms with Gasteiger partial charge in [0.05, 0.1) is 0 Å². The van der Waals surface area contributed by atoms with Gasteiger partial charge in [-0.05, 0) is 11.5 Å². The maximum absolute atomic E-state index is 11.8. The molecule has 0 unspecified atom stereocenters. The Bertz CT molecular complexity index is 487. The van der Waals surface area contributed by atoms with Gasteiger partial charge in [0.15, 0.2) is 5.76 Å².